The molecule has 0 aromatic heterocycles. The molecule has 1 saturated heterocycles. The molecule has 0 radical (unpaired) electrons. The number of hydrogen-bond acceptors (Lipinski definition) is 2. The molecule has 0 bridgehead atoms. The normalized spacial score (nSPS) is 17.2. The Kier molecular flexibility index (Phi) is 11.4. The van der Waals surface area contributed by atoms with E-state index in [9.17, 15) is 8.78 Å². The largest absolute Gasteiger partial charge is 0.352 e. The number of halogens is 3. The van der Waals surface area contributed by atoms with Crippen LogP contribution in [-0.4, -0.2) is 19.5 Å². The molecular formula is C35H41F3O2. The summed E-state index contributed by atoms with van der Waals surface area (Å²) < 4.78 is 56.5. The maximum atomic E-state index is 15.1. The van der Waals surface area contributed by atoms with Crippen molar-refractivity contribution < 1.29 is 22.6 Å². The minimum absolute atomic E-state index is 0.0301. The zero-order valence-electron chi connectivity index (χ0n) is 23.6. The Morgan fingerprint density at radius 3 is 2.05 bits per heavy atom. The molecule has 3 aromatic rings. The van der Waals surface area contributed by atoms with Crippen LogP contribution in [-0.2, 0) is 15.9 Å². The van der Waals surface area contributed by atoms with Crippen LogP contribution >= 0.6 is 0 Å². The summed E-state index contributed by atoms with van der Waals surface area (Å²) in [6.07, 6.45) is 11.7. The van der Waals surface area contributed by atoms with Crippen molar-refractivity contribution in [3.8, 4) is 22.3 Å². The van der Waals surface area contributed by atoms with E-state index >= 15 is 4.39 Å². The molecule has 1 aliphatic rings. The lowest BCUT2D eigenvalue weighted by Gasteiger charge is -2.29. The molecular weight excluding hydrogens is 509 g/mol. The van der Waals surface area contributed by atoms with Crippen LogP contribution in [0.2, 0.25) is 0 Å². The quantitative estimate of drug-likeness (QED) is 0.147. The Labute approximate surface area is 237 Å². The third-order valence-electron chi connectivity index (χ3n) is 7.76. The second-order valence-electron chi connectivity index (χ2n) is 10.7. The average molecular weight is 551 g/mol. The summed E-state index contributed by atoms with van der Waals surface area (Å²) in [5.74, 6) is -1.97. The van der Waals surface area contributed by atoms with Gasteiger partial charge in [0, 0.05) is 23.5 Å². The predicted molar refractivity (Wildman–Crippen MR) is 157 cm³/mol. The molecule has 0 aliphatic carbocycles. The van der Waals surface area contributed by atoms with Crippen molar-refractivity contribution in [1.82, 2.24) is 0 Å². The summed E-state index contributed by atoms with van der Waals surface area (Å²) in [6.45, 7) is 6.87. The van der Waals surface area contributed by atoms with Gasteiger partial charge >= 0.3 is 0 Å². The first-order valence-electron chi connectivity index (χ1n) is 14.7. The molecule has 1 heterocycles. The zero-order valence-corrected chi connectivity index (χ0v) is 23.6. The summed E-state index contributed by atoms with van der Waals surface area (Å²) in [7, 11) is 0. The van der Waals surface area contributed by atoms with Crippen LogP contribution in [0, 0.1) is 17.5 Å². The monoisotopic (exact) mass is 550 g/mol. The topological polar surface area (TPSA) is 18.5 Å². The molecule has 0 N–H and O–H groups in total. The first-order chi connectivity index (χ1) is 19.5. The van der Waals surface area contributed by atoms with Gasteiger partial charge in [-0.3, -0.25) is 0 Å². The number of hydrogen-bond donors (Lipinski definition) is 0. The lowest BCUT2D eigenvalue weighted by molar-refractivity contribution is -0.189. The van der Waals surface area contributed by atoms with Crippen molar-refractivity contribution >= 4 is 0 Å². The van der Waals surface area contributed by atoms with E-state index < -0.39 is 11.6 Å². The van der Waals surface area contributed by atoms with Gasteiger partial charge in [-0.25, -0.2) is 13.2 Å². The Bertz CT molecular complexity index is 1230. The number of rotatable bonds is 14. The molecule has 3 aromatic carbocycles. The van der Waals surface area contributed by atoms with Crippen LogP contribution < -0.4 is 0 Å². The molecule has 5 heteroatoms. The lowest BCUT2D eigenvalue weighted by atomic mass is 9.94. The molecule has 0 saturated carbocycles. The van der Waals surface area contributed by atoms with E-state index in [4.69, 9.17) is 9.47 Å². The average Bonchev–Trinajstić information content (AvgIpc) is 2.98. The maximum Gasteiger partial charge on any atom is 0.166 e. The van der Waals surface area contributed by atoms with Crippen LogP contribution in [0.15, 0.2) is 67.3 Å². The predicted octanol–water partition coefficient (Wildman–Crippen LogP) is 10.2. The standard InChI is InChI=1S/C35H41F3O2/c1-3-5-7-8-9-10-11-12-27-18-21-31(35(38)34(27)37)26-16-14-25(15-17-26)30-20-19-28(22-32(30)36)29-23-39-33(40-24-29)13-6-4-2/h4,14-22,29,33H,2-3,5-13,23-24H2,1H3. The molecule has 40 heavy (non-hydrogen) atoms. The van der Waals surface area contributed by atoms with Crippen molar-refractivity contribution in [2.45, 2.75) is 83.3 Å². The maximum absolute atomic E-state index is 15.1. The summed E-state index contributed by atoms with van der Waals surface area (Å²) >= 11 is 0. The van der Waals surface area contributed by atoms with Gasteiger partial charge in [-0.15, -0.1) is 6.58 Å². The van der Waals surface area contributed by atoms with Gasteiger partial charge in [-0.2, -0.15) is 0 Å². The van der Waals surface area contributed by atoms with E-state index in [1.54, 1.807) is 42.5 Å². The highest BCUT2D eigenvalue weighted by Crippen LogP contribution is 2.32. The number of benzene rings is 3. The van der Waals surface area contributed by atoms with E-state index in [1.807, 2.05) is 12.1 Å². The summed E-state index contributed by atoms with van der Waals surface area (Å²) in [5.41, 5.74) is 3.15. The Balaban J connectivity index is 1.37. The summed E-state index contributed by atoms with van der Waals surface area (Å²) in [5, 5.41) is 0. The molecule has 0 spiro atoms. The fraction of sp³-hybridized carbons (Fsp3) is 0.429. The van der Waals surface area contributed by atoms with Gasteiger partial charge < -0.3 is 9.47 Å². The number of aryl methyl sites for hydroxylation is 1. The van der Waals surface area contributed by atoms with Gasteiger partial charge in [-0.1, -0.05) is 100 Å². The highest BCUT2D eigenvalue weighted by atomic mass is 19.2. The fourth-order valence-corrected chi connectivity index (χ4v) is 5.28. The van der Waals surface area contributed by atoms with Crippen LogP contribution in [0.5, 0.6) is 0 Å². The van der Waals surface area contributed by atoms with E-state index in [2.05, 4.69) is 13.5 Å². The lowest BCUT2D eigenvalue weighted by Crippen LogP contribution is -2.30. The third kappa shape index (κ3) is 7.86. The Morgan fingerprint density at radius 1 is 0.775 bits per heavy atom. The summed E-state index contributed by atoms with van der Waals surface area (Å²) in [4.78, 5) is 0. The molecule has 2 nitrogen and oxygen atoms in total. The summed E-state index contributed by atoms with van der Waals surface area (Å²) in [6, 6.07) is 15.4. The van der Waals surface area contributed by atoms with Crippen LogP contribution in [0.1, 0.15) is 81.8 Å². The van der Waals surface area contributed by atoms with Crippen LogP contribution in [0.4, 0.5) is 13.2 Å². The van der Waals surface area contributed by atoms with E-state index in [-0.39, 0.29) is 23.6 Å². The molecule has 4 rings (SSSR count). The SMILES string of the molecule is C=CCCC1OCC(c2ccc(-c3ccc(-c4ccc(CCCCCCCCC)c(F)c4F)cc3)c(F)c2)CO1. The van der Waals surface area contributed by atoms with E-state index in [1.165, 1.54) is 31.7 Å². The van der Waals surface area contributed by atoms with Crippen LogP contribution in [0.3, 0.4) is 0 Å². The van der Waals surface area contributed by atoms with Crippen molar-refractivity contribution in [2.75, 3.05) is 13.2 Å². The molecule has 1 fully saturated rings. The molecule has 214 valence electrons. The Hall–Kier alpha value is -2.89. The number of allylic oxidation sites excluding steroid dienone is 1. The third-order valence-corrected chi connectivity index (χ3v) is 7.76. The minimum Gasteiger partial charge on any atom is -0.352 e. The number of ether oxygens (including phenoxy) is 2. The van der Waals surface area contributed by atoms with Gasteiger partial charge in [0.05, 0.1) is 13.2 Å². The van der Waals surface area contributed by atoms with Crippen molar-refractivity contribution in [3.05, 3.63) is 95.8 Å². The highest BCUT2D eigenvalue weighted by Gasteiger charge is 2.24. The van der Waals surface area contributed by atoms with Gasteiger partial charge in [0.1, 0.15) is 5.82 Å². The Morgan fingerprint density at radius 2 is 1.40 bits per heavy atom. The molecule has 0 unspecified atom stereocenters. The van der Waals surface area contributed by atoms with Gasteiger partial charge in [0.15, 0.2) is 17.9 Å². The van der Waals surface area contributed by atoms with Gasteiger partial charge in [0.25, 0.3) is 0 Å². The zero-order chi connectivity index (χ0) is 28.3. The molecule has 0 atom stereocenters. The highest BCUT2D eigenvalue weighted by molar-refractivity contribution is 5.71. The van der Waals surface area contributed by atoms with Gasteiger partial charge in [0.2, 0.25) is 0 Å². The van der Waals surface area contributed by atoms with Crippen LogP contribution in [0.25, 0.3) is 22.3 Å². The van der Waals surface area contributed by atoms with Gasteiger partial charge in [-0.05, 0) is 47.6 Å². The first kappa shape index (κ1) is 30.1. The van der Waals surface area contributed by atoms with Crippen molar-refractivity contribution in [1.29, 1.82) is 0 Å². The second kappa shape index (κ2) is 15.2. The fourth-order valence-electron chi connectivity index (χ4n) is 5.28. The minimum atomic E-state index is -0.826. The van der Waals surface area contributed by atoms with E-state index in [0.717, 1.165) is 37.7 Å². The van der Waals surface area contributed by atoms with E-state index in [0.29, 0.717) is 41.9 Å². The molecule has 0 amide bonds. The molecule has 1 aliphatic heterocycles. The first-order valence-corrected chi connectivity index (χ1v) is 14.7. The van der Waals surface area contributed by atoms with Crippen molar-refractivity contribution in [2.24, 2.45) is 0 Å². The van der Waals surface area contributed by atoms with Crippen molar-refractivity contribution in [3.63, 3.8) is 0 Å². The second-order valence-corrected chi connectivity index (χ2v) is 10.7. The smallest absolute Gasteiger partial charge is 0.166 e. The number of unbranched alkanes of at least 4 members (excludes halogenated alkanes) is 6.